The molecule has 0 fully saturated rings. The summed E-state index contributed by atoms with van der Waals surface area (Å²) in [6.45, 7) is 0. The van der Waals surface area contributed by atoms with Gasteiger partial charge in [-0.15, -0.1) is 0 Å². The van der Waals surface area contributed by atoms with Crippen LogP contribution in [0.4, 0.5) is 0 Å². The Morgan fingerprint density at radius 1 is 1.33 bits per heavy atom. The van der Waals surface area contributed by atoms with E-state index < -0.39 is 6.10 Å². The molecule has 0 saturated heterocycles. The van der Waals surface area contributed by atoms with E-state index in [-0.39, 0.29) is 6.10 Å². The number of hydrogen-bond donors (Lipinski definition) is 1. The van der Waals surface area contributed by atoms with Gasteiger partial charge in [0.15, 0.2) is 0 Å². The Balaban J connectivity index is 2.02. The summed E-state index contributed by atoms with van der Waals surface area (Å²) >= 11 is 9.70. The Bertz CT molecular complexity index is 675. The smallest absolute Gasteiger partial charge is 0.132 e. The first-order valence-corrected chi connectivity index (χ1v) is 7.74. The number of methoxy groups -OCH3 is 1. The highest BCUT2D eigenvalue weighted by molar-refractivity contribution is 9.10. The number of rotatable bonds is 2. The van der Waals surface area contributed by atoms with Gasteiger partial charge in [0.05, 0.1) is 23.8 Å². The third-order valence-electron chi connectivity index (χ3n) is 3.59. The monoisotopic (exact) mass is 368 g/mol. The number of halogens is 2. The molecule has 5 heteroatoms. The fourth-order valence-corrected chi connectivity index (χ4v) is 3.27. The van der Waals surface area contributed by atoms with Gasteiger partial charge in [-0.2, -0.15) is 0 Å². The normalized spacial score (nSPS) is 20.6. The van der Waals surface area contributed by atoms with Crippen LogP contribution in [0.25, 0.3) is 0 Å². The van der Waals surface area contributed by atoms with Gasteiger partial charge in [-0.05, 0) is 30.3 Å². The molecule has 1 heterocycles. The predicted molar refractivity (Wildman–Crippen MR) is 85.1 cm³/mol. The number of ether oxygens (including phenoxy) is 2. The predicted octanol–water partition coefficient (Wildman–Crippen LogP) is 4.67. The second-order valence-electron chi connectivity index (χ2n) is 4.90. The van der Waals surface area contributed by atoms with Crippen LogP contribution >= 0.6 is 27.5 Å². The highest BCUT2D eigenvalue weighted by atomic mass is 79.9. The molecule has 21 heavy (non-hydrogen) atoms. The van der Waals surface area contributed by atoms with Crippen LogP contribution in [0.1, 0.15) is 29.8 Å². The average molecular weight is 370 g/mol. The second kappa shape index (κ2) is 5.87. The topological polar surface area (TPSA) is 38.7 Å². The highest BCUT2D eigenvalue weighted by Gasteiger charge is 2.31. The zero-order valence-corrected chi connectivity index (χ0v) is 13.7. The van der Waals surface area contributed by atoms with Gasteiger partial charge in [0.25, 0.3) is 0 Å². The van der Waals surface area contributed by atoms with Crippen molar-refractivity contribution in [1.29, 1.82) is 0 Å². The van der Waals surface area contributed by atoms with Crippen molar-refractivity contribution in [3.8, 4) is 11.5 Å². The molecule has 3 rings (SSSR count). The summed E-state index contributed by atoms with van der Waals surface area (Å²) < 4.78 is 12.3. The first kappa shape index (κ1) is 14.7. The number of fused-ring (bicyclic) bond motifs is 1. The van der Waals surface area contributed by atoms with Gasteiger partial charge >= 0.3 is 0 Å². The van der Waals surface area contributed by atoms with E-state index in [1.54, 1.807) is 13.2 Å². The summed E-state index contributed by atoms with van der Waals surface area (Å²) in [5, 5.41) is 11.0. The Labute approximate surface area is 136 Å². The number of benzene rings is 2. The summed E-state index contributed by atoms with van der Waals surface area (Å²) in [5.41, 5.74) is 1.56. The maximum Gasteiger partial charge on any atom is 0.132 e. The lowest BCUT2D eigenvalue weighted by Gasteiger charge is -2.31. The Morgan fingerprint density at radius 3 is 2.90 bits per heavy atom. The Morgan fingerprint density at radius 2 is 2.14 bits per heavy atom. The number of aliphatic hydroxyl groups is 1. The average Bonchev–Trinajstić information content (AvgIpc) is 2.47. The van der Waals surface area contributed by atoms with Crippen molar-refractivity contribution in [1.82, 2.24) is 0 Å². The molecule has 0 radical (unpaired) electrons. The molecule has 0 saturated carbocycles. The van der Waals surface area contributed by atoms with E-state index >= 15 is 0 Å². The molecule has 1 aliphatic rings. The molecule has 2 unspecified atom stereocenters. The summed E-state index contributed by atoms with van der Waals surface area (Å²) in [7, 11) is 1.60. The van der Waals surface area contributed by atoms with Gasteiger partial charge in [0.1, 0.15) is 17.6 Å². The van der Waals surface area contributed by atoms with Crippen LogP contribution in [0.15, 0.2) is 40.9 Å². The van der Waals surface area contributed by atoms with Gasteiger partial charge in [0.2, 0.25) is 0 Å². The maximum absolute atomic E-state index is 10.4. The van der Waals surface area contributed by atoms with Crippen molar-refractivity contribution in [2.24, 2.45) is 0 Å². The van der Waals surface area contributed by atoms with E-state index in [1.807, 2.05) is 30.3 Å². The standard InChI is InChI=1S/C16H14BrClO3/c1-20-14-4-2-3-11(18)16(14)15-8-12(19)10-7-9(17)5-6-13(10)21-15/h2-7,12,15,19H,8H2,1H3. The number of aliphatic hydroxyl groups excluding tert-OH is 1. The van der Waals surface area contributed by atoms with Crippen molar-refractivity contribution in [2.45, 2.75) is 18.6 Å². The summed E-state index contributed by atoms with van der Waals surface area (Å²) in [5.74, 6) is 1.34. The van der Waals surface area contributed by atoms with E-state index in [4.69, 9.17) is 21.1 Å². The van der Waals surface area contributed by atoms with Gasteiger partial charge in [-0.25, -0.2) is 0 Å². The SMILES string of the molecule is COc1cccc(Cl)c1C1CC(O)c2cc(Br)ccc2O1. The van der Waals surface area contributed by atoms with Crippen LogP contribution < -0.4 is 9.47 Å². The van der Waals surface area contributed by atoms with Gasteiger partial charge in [-0.1, -0.05) is 33.6 Å². The van der Waals surface area contributed by atoms with Crippen molar-refractivity contribution < 1.29 is 14.6 Å². The molecular formula is C16H14BrClO3. The van der Waals surface area contributed by atoms with Crippen LogP contribution in [0.5, 0.6) is 11.5 Å². The third kappa shape index (κ3) is 2.76. The zero-order valence-electron chi connectivity index (χ0n) is 11.3. The van der Waals surface area contributed by atoms with E-state index in [9.17, 15) is 5.11 Å². The fourth-order valence-electron chi connectivity index (χ4n) is 2.60. The summed E-state index contributed by atoms with van der Waals surface area (Å²) in [4.78, 5) is 0. The lowest BCUT2D eigenvalue weighted by atomic mass is 9.94. The molecule has 3 nitrogen and oxygen atoms in total. The molecule has 2 aromatic carbocycles. The minimum absolute atomic E-state index is 0.336. The van der Waals surface area contributed by atoms with Crippen LogP contribution in [0, 0.1) is 0 Å². The van der Waals surface area contributed by atoms with Crippen LogP contribution in [0.3, 0.4) is 0 Å². The molecule has 1 N–H and O–H groups in total. The molecule has 2 atom stereocenters. The molecule has 0 aromatic heterocycles. The van der Waals surface area contributed by atoms with E-state index in [0.29, 0.717) is 22.9 Å². The number of hydrogen-bond acceptors (Lipinski definition) is 3. The summed E-state index contributed by atoms with van der Waals surface area (Å²) in [6, 6.07) is 11.1. The first-order valence-electron chi connectivity index (χ1n) is 6.56. The first-order chi connectivity index (χ1) is 10.1. The zero-order chi connectivity index (χ0) is 15.0. The summed E-state index contributed by atoms with van der Waals surface area (Å²) in [6.07, 6.45) is -0.502. The van der Waals surface area contributed by atoms with Crippen molar-refractivity contribution in [2.75, 3.05) is 7.11 Å². The van der Waals surface area contributed by atoms with Crippen molar-refractivity contribution >= 4 is 27.5 Å². The van der Waals surface area contributed by atoms with Crippen LogP contribution in [0.2, 0.25) is 5.02 Å². The maximum atomic E-state index is 10.4. The van der Waals surface area contributed by atoms with Gasteiger partial charge in [-0.3, -0.25) is 0 Å². The molecule has 1 aliphatic heterocycles. The molecule has 0 amide bonds. The van der Waals surface area contributed by atoms with Crippen molar-refractivity contribution in [3.05, 3.63) is 57.0 Å². The third-order valence-corrected chi connectivity index (χ3v) is 4.42. The van der Waals surface area contributed by atoms with E-state index in [2.05, 4.69) is 15.9 Å². The quantitative estimate of drug-likeness (QED) is 0.836. The Kier molecular flexibility index (Phi) is 4.11. The van der Waals surface area contributed by atoms with Crippen LogP contribution in [-0.4, -0.2) is 12.2 Å². The molecule has 110 valence electrons. The lowest BCUT2D eigenvalue weighted by Crippen LogP contribution is -2.20. The molecule has 2 aromatic rings. The highest BCUT2D eigenvalue weighted by Crippen LogP contribution is 2.45. The lowest BCUT2D eigenvalue weighted by molar-refractivity contribution is 0.0645. The molecule has 0 bridgehead atoms. The molecular weight excluding hydrogens is 356 g/mol. The molecule has 0 spiro atoms. The van der Waals surface area contributed by atoms with Gasteiger partial charge in [0, 0.05) is 16.5 Å². The second-order valence-corrected chi connectivity index (χ2v) is 6.22. The minimum Gasteiger partial charge on any atom is -0.496 e. The molecule has 0 aliphatic carbocycles. The van der Waals surface area contributed by atoms with Gasteiger partial charge < -0.3 is 14.6 Å². The van der Waals surface area contributed by atoms with Crippen molar-refractivity contribution in [3.63, 3.8) is 0 Å². The van der Waals surface area contributed by atoms with Crippen LogP contribution in [-0.2, 0) is 0 Å². The Hall–Kier alpha value is -1.23. The largest absolute Gasteiger partial charge is 0.496 e. The fraction of sp³-hybridized carbons (Fsp3) is 0.250. The minimum atomic E-state index is -0.600. The van der Waals surface area contributed by atoms with E-state index in [0.717, 1.165) is 15.6 Å². The van der Waals surface area contributed by atoms with E-state index in [1.165, 1.54) is 0 Å².